The Morgan fingerprint density at radius 2 is 0.842 bits per heavy atom. The van der Waals surface area contributed by atoms with E-state index in [0.29, 0.717) is 11.4 Å². The highest BCUT2D eigenvalue weighted by atomic mass is 14.9. The molecule has 0 atom stereocenters. The number of nitrogens with zero attached hydrogens (tertiary/aromatic N) is 3. The summed E-state index contributed by atoms with van der Waals surface area (Å²) in [5, 5.41) is 9.96. The van der Waals surface area contributed by atoms with Crippen LogP contribution in [0.25, 0.3) is 78.4 Å². The van der Waals surface area contributed by atoms with Crippen molar-refractivity contribution in [3.8, 4) is 84.5 Å². The van der Waals surface area contributed by atoms with Gasteiger partial charge in [-0.15, -0.1) is 0 Å². The van der Waals surface area contributed by atoms with Crippen LogP contribution in [0.3, 0.4) is 0 Å². The molecule has 0 radical (unpaired) electrons. The lowest BCUT2D eigenvalue weighted by Gasteiger charge is -2.30. The minimum absolute atomic E-state index is 0.498. The molecule has 0 unspecified atom stereocenters. The molecule has 9 aromatic rings. The topological polar surface area (TPSA) is 49.6 Å². The van der Waals surface area contributed by atoms with Gasteiger partial charge in [-0.05, 0) is 97.1 Å². The van der Waals surface area contributed by atoms with Crippen LogP contribution in [0.2, 0.25) is 0 Å². The fraction of sp³-hybridized carbons (Fsp3) is 0.0185. The predicted octanol–water partition coefficient (Wildman–Crippen LogP) is 13.0. The molecule has 0 N–H and O–H groups in total. The molecule has 0 saturated heterocycles. The lowest BCUT2D eigenvalue weighted by atomic mass is 9.70. The Kier molecular flexibility index (Phi) is 7.45. The fourth-order valence-electron chi connectivity index (χ4n) is 9.17. The zero-order chi connectivity index (χ0) is 37.9. The molecule has 3 heteroatoms. The molecule has 11 rings (SSSR count). The molecular formula is C54H33N3. The Morgan fingerprint density at radius 1 is 0.333 bits per heavy atom. The van der Waals surface area contributed by atoms with Gasteiger partial charge < -0.3 is 0 Å². The number of fused-ring (bicyclic) bond motifs is 10. The Bertz CT molecular complexity index is 3020. The zero-order valence-corrected chi connectivity index (χ0v) is 30.9. The van der Waals surface area contributed by atoms with Gasteiger partial charge in [-0.2, -0.15) is 5.26 Å². The molecule has 0 bridgehead atoms. The van der Waals surface area contributed by atoms with E-state index in [-0.39, 0.29) is 0 Å². The summed E-state index contributed by atoms with van der Waals surface area (Å²) < 4.78 is 0. The number of rotatable bonds is 5. The first-order chi connectivity index (χ1) is 28.2. The molecule has 2 aliphatic rings. The first kappa shape index (κ1) is 32.7. The minimum Gasteiger partial charge on any atom is -0.228 e. The van der Waals surface area contributed by atoms with Crippen molar-refractivity contribution < 1.29 is 0 Å². The standard InChI is InChI=1S/C54H33N3/c55-34-35-22-29-49-46(30-35)45-28-27-41(32-50(45)54(49)47-20-9-7-18-43(47)44-19-8-10-21-48(44)54)40-16-11-17-42(31-40)52-33-51(56-53(57-52)39-14-5-2-6-15-39)38-25-23-37(24-26-38)36-12-3-1-4-13-36/h1-33H. The van der Waals surface area contributed by atoms with E-state index in [4.69, 9.17) is 9.97 Å². The van der Waals surface area contributed by atoms with Crippen molar-refractivity contribution in [2.75, 3.05) is 0 Å². The van der Waals surface area contributed by atoms with Crippen LogP contribution in [0.4, 0.5) is 0 Å². The Balaban J connectivity index is 1.06. The van der Waals surface area contributed by atoms with Crippen molar-refractivity contribution in [3.05, 3.63) is 228 Å². The zero-order valence-electron chi connectivity index (χ0n) is 30.9. The molecule has 3 nitrogen and oxygen atoms in total. The number of aromatic nitrogens is 2. The van der Waals surface area contributed by atoms with Crippen LogP contribution in [0.15, 0.2) is 200 Å². The minimum atomic E-state index is -0.498. The molecule has 0 saturated carbocycles. The molecule has 1 spiro atoms. The van der Waals surface area contributed by atoms with Crippen molar-refractivity contribution in [1.29, 1.82) is 5.26 Å². The van der Waals surface area contributed by atoms with E-state index in [1.54, 1.807) is 0 Å². The highest BCUT2D eigenvalue weighted by Gasteiger charge is 2.51. The molecular weight excluding hydrogens is 691 g/mol. The summed E-state index contributed by atoms with van der Waals surface area (Å²) in [7, 11) is 0. The maximum Gasteiger partial charge on any atom is 0.160 e. The third-order valence-electron chi connectivity index (χ3n) is 11.8. The van der Waals surface area contributed by atoms with Gasteiger partial charge in [0.1, 0.15) is 0 Å². The highest BCUT2D eigenvalue weighted by Crippen LogP contribution is 2.63. The van der Waals surface area contributed by atoms with Crippen molar-refractivity contribution in [1.82, 2.24) is 9.97 Å². The SMILES string of the molecule is N#Cc1ccc2c(c1)-c1ccc(-c3cccc(-c4cc(-c5ccc(-c6ccccc6)cc5)nc(-c5ccccc5)n4)c3)cc1C21c2ccccc2-c2ccccc21. The summed E-state index contributed by atoms with van der Waals surface area (Å²) in [6.07, 6.45) is 0. The second kappa shape index (κ2) is 13.0. The highest BCUT2D eigenvalue weighted by molar-refractivity contribution is 5.96. The van der Waals surface area contributed by atoms with Crippen LogP contribution in [0.1, 0.15) is 27.8 Å². The van der Waals surface area contributed by atoms with E-state index >= 15 is 0 Å². The van der Waals surface area contributed by atoms with Crippen LogP contribution in [0.5, 0.6) is 0 Å². The summed E-state index contributed by atoms with van der Waals surface area (Å²) in [5.41, 5.74) is 19.3. The van der Waals surface area contributed by atoms with Crippen LogP contribution >= 0.6 is 0 Å². The molecule has 57 heavy (non-hydrogen) atoms. The van der Waals surface area contributed by atoms with Gasteiger partial charge in [-0.25, -0.2) is 9.97 Å². The van der Waals surface area contributed by atoms with E-state index in [1.807, 2.05) is 30.3 Å². The lowest BCUT2D eigenvalue weighted by molar-refractivity contribution is 0.794. The summed E-state index contributed by atoms with van der Waals surface area (Å²) >= 11 is 0. The lowest BCUT2D eigenvalue weighted by Crippen LogP contribution is -2.25. The first-order valence-electron chi connectivity index (χ1n) is 19.3. The monoisotopic (exact) mass is 723 g/mol. The summed E-state index contributed by atoms with van der Waals surface area (Å²) in [6.45, 7) is 0. The van der Waals surface area contributed by atoms with E-state index < -0.39 is 5.41 Å². The van der Waals surface area contributed by atoms with Crippen molar-refractivity contribution in [2.45, 2.75) is 5.41 Å². The van der Waals surface area contributed by atoms with Gasteiger partial charge in [0.05, 0.1) is 28.4 Å². The second-order valence-electron chi connectivity index (χ2n) is 14.8. The molecule has 264 valence electrons. The van der Waals surface area contributed by atoms with Gasteiger partial charge in [0.25, 0.3) is 0 Å². The van der Waals surface area contributed by atoms with Crippen LogP contribution < -0.4 is 0 Å². The smallest absolute Gasteiger partial charge is 0.160 e. The Hall–Kier alpha value is -7.67. The second-order valence-corrected chi connectivity index (χ2v) is 14.8. The van der Waals surface area contributed by atoms with E-state index in [9.17, 15) is 5.26 Å². The van der Waals surface area contributed by atoms with E-state index in [0.717, 1.165) is 44.8 Å². The molecule has 2 aliphatic carbocycles. The van der Waals surface area contributed by atoms with Crippen LogP contribution in [0, 0.1) is 11.3 Å². The molecule has 8 aromatic carbocycles. The van der Waals surface area contributed by atoms with Crippen molar-refractivity contribution >= 4 is 0 Å². The van der Waals surface area contributed by atoms with Gasteiger partial charge in [0.15, 0.2) is 5.82 Å². The molecule has 1 heterocycles. The van der Waals surface area contributed by atoms with E-state index in [1.165, 1.54) is 50.1 Å². The molecule has 0 fully saturated rings. The van der Waals surface area contributed by atoms with Crippen LogP contribution in [-0.2, 0) is 5.41 Å². The fourth-order valence-corrected chi connectivity index (χ4v) is 9.17. The molecule has 0 amide bonds. The quantitative estimate of drug-likeness (QED) is 0.178. The average molecular weight is 724 g/mol. The maximum absolute atomic E-state index is 9.96. The summed E-state index contributed by atoms with van der Waals surface area (Å²) in [5.74, 6) is 0.688. The summed E-state index contributed by atoms with van der Waals surface area (Å²) in [4.78, 5) is 10.3. The predicted molar refractivity (Wildman–Crippen MR) is 230 cm³/mol. The Labute approximate surface area is 331 Å². The summed E-state index contributed by atoms with van der Waals surface area (Å²) in [6, 6.07) is 73.2. The third-order valence-corrected chi connectivity index (χ3v) is 11.8. The van der Waals surface area contributed by atoms with Gasteiger partial charge in [-0.1, -0.05) is 170 Å². The van der Waals surface area contributed by atoms with Gasteiger partial charge in [0.2, 0.25) is 0 Å². The third kappa shape index (κ3) is 5.12. The average Bonchev–Trinajstić information content (AvgIpc) is 3.76. The largest absolute Gasteiger partial charge is 0.228 e. The van der Waals surface area contributed by atoms with Crippen molar-refractivity contribution in [3.63, 3.8) is 0 Å². The number of hydrogen-bond acceptors (Lipinski definition) is 3. The van der Waals surface area contributed by atoms with Gasteiger partial charge in [0, 0.05) is 16.7 Å². The van der Waals surface area contributed by atoms with Crippen molar-refractivity contribution in [2.24, 2.45) is 0 Å². The van der Waals surface area contributed by atoms with E-state index in [2.05, 4.69) is 176 Å². The van der Waals surface area contributed by atoms with Gasteiger partial charge in [-0.3, -0.25) is 0 Å². The van der Waals surface area contributed by atoms with Crippen LogP contribution in [-0.4, -0.2) is 9.97 Å². The first-order valence-corrected chi connectivity index (χ1v) is 19.3. The molecule has 1 aromatic heterocycles. The van der Waals surface area contributed by atoms with Gasteiger partial charge >= 0.3 is 0 Å². The molecule has 0 aliphatic heterocycles. The Morgan fingerprint density at radius 3 is 1.54 bits per heavy atom. The maximum atomic E-state index is 9.96. The number of nitriles is 1. The normalized spacial score (nSPS) is 12.7. The number of benzene rings is 8. The number of hydrogen-bond donors (Lipinski definition) is 0.